The van der Waals surface area contributed by atoms with Crippen LogP contribution in [0.3, 0.4) is 0 Å². The summed E-state index contributed by atoms with van der Waals surface area (Å²) in [6, 6.07) is 7.31. The molecule has 3 aromatic rings. The Labute approximate surface area is 113 Å². The topological polar surface area (TPSA) is 90.9 Å². The van der Waals surface area contributed by atoms with Gasteiger partial charge in [0, 0.05) is 0 Å². The van der Waals surface area contributed by atoms with Gasteiger partial charge in [-0.2, -0.15) is 10.5 Å². The highest BCUT2D eigenvalue weighted by atomic mass is 16.4. The van der Waals surface area contributed by atoms with E-state index in [1.165, 1.54) is 0 Å². The van der Waals surface area contributed by atoms with Crippen molar-refractivity contribution in [2.45, 2.75) is 13.8 Å². The molecular formula is C15H8N2O3. The van der Waals surface area contributed by atoms with Gasteiger partial charge in [-0.05, 0) is 31.0 Å². The van der Waals surface area contributed by atoms with E-state index in [9.17, 15) is 4.79 Å². The second kappa shape index (κ2) is 3.97. The minimum atomic E-state index is -0.666. The molecule has 96 valence electrons. The van der Waals surface area contributed by atoms with E-state index in [0.29, 0.717) is 11.0 Å². The molecule has 0 aliphatic rings. The maximum Gasteiger partial charge on any atom is 0.348 e. The molecule has 0 saturated carbocycles. The number of hydrogen-bond acceptors (Lipinski definition) is 5. The Hall–Kier alpha value is -3.05. The van der Waals surface area contributed by atoms with E-state index >= 15 is 0 Å². The first kappa shape index (κ1) is 12.0. The van der Waals surface area contributed by atoms with Gasteiger partial charge in [0.15, 0.2) is 5.58 Å². The maximum absolute atomic E-state index is 12.1. The van der Waals surface area contributed by atoms with Gasteiger partial charge in [0.25, 0.3) is 0 Å². The molecule has 5 nitrogen and oxygen atoms in total. The first-order valence-electron chi connectivity index (χ1n) is 5.87. The second-order valence-electron chi connectivity index (χ2n) is 4.58. The lowest BCUT2D eigenvalue weighted by Crippen LogP contribution is -2.01. The van der Waals surface area contributed by atoms with E-state index in [-0.39, 0.29) is 22.3 Å². The Balaban J connectivity index is 2.69. The van der Waals surface area contributed by atoms with Crippen molar-refractivity contribution in [3.63, 3.8) is 0 Å². The number of fused-ring (bicyclic) bond motifs is 3. The van der Waals surface area contributed by atoms with E-state index in [0.717, 1.165) is 11.1 Å². The molecule has 0 atom stereocenters. The summed E-state index contributed by atoms with van der Waals surface area (Å²) in [5.41, 5.74) is 1.68. The Bertz CT molecular complexity index is 1010. The number of benzene rings is 1. The first-order valence-corrected chi connectivity index (χ1v) is 5.87. The number of aryl methyl sites for hydroxylation is 2. The fourth-order valence-electron chi connectivity index (χ4n) is 2.40. The molecule has 0 bridgehead atoms. The molecule has 0 radical (unpaired) electrons. The minimum absolute atomic E-state index is 0.0292. The number of furan rings is 1. The van der Waals surface area contributed by atoms with Crippen molar-refractivity contribution in [3.05, 3.63) is 45.0 Å². The van der Waals surface area contributed by atoms with Gasteiger partial charge < -0.3 is 8.83 Å². The summed E-state index contributed by atoms with van der Waals surface area (Å²) in [5.74, 6) is -0.165. The predicted molar refractivity (Wildman–Crippen MR) is 71.2 cm³/mol. The molecule has 0 aliphatic heterocycles. The molecule has 3 rings (SSSR count). The summed E-state index contributed by atoms with van der Waals surface area (Å²) in [7, 11) is 0. The lowest BCUT2D eigenvalue weighted by molar-refractivity contribution is 0.561. The molecule has 0 unspecified atom stereocenters. The zero-order valence-corrected chi connectivity index (χ0v) is 10.8. The average Bonchev–Trinajstić information content (AvgIpc) is 2.79. The summed E-state index contributed by atoms with van der Waals surface area (Å²) < 4.78 is 10.7. The van der Waals surface area contributed by atoms with Gasteiger partial charge in [0.2, 0.25) is 5.76 Å². The van der Waals surface area contributed by atoms with Crippen LogP contribution < -0.4 is 5.63 Å². The molecule has 0 fully saturated rings. The largest absolute Gasteiger partial charge is 0.443 e. The summed E-state index contributed by atoms with van der Waals surface area (Å²) in [6.45, 7) is 3.73. The van der Waals surface area contributed by atoms with E-state index in [2.05, 4.69) is 0 Å². The third kappa shape index (κ3) is 1.44. The third-order valence-electron chi connectivity index (χ3n) is 3.18. The van der Waals surface area contributed by atoms with Gasteiger partial charge in [-0.3, -0.25) is 0 Å². The molecule has 5 heteroatoms. The molecular weight excluding hydrogens is 256 g/mol. The lowest BCUT2D eigenvalue weighted by Gasteiger charge is -2.02. The van der Waals surface area contributed by atoms with Crippen LogP contribution in [0.5, 0.6) is 0 Å². The molecule has 0 amide bonds. The highest BCUT2D eigenvalue weighted by Crippen LogP contribution is 2.31. The van der Waals surface area contributed by atoms with Crippen molar-refractivity contribution in [2.24, 2.45) is 0 Å². The van der Waals surface area contributed by atoms with E-state index in [1.54, 1.807) is 12.1 Å². The average molecular weight is 264 g/mol. The molecule has 20 heavy (non-hydrogen) atoms. The van der Waals surface area contributed by atoms with Crippen LogP contribution >= 0.6 is 0 Å². The van der Waals surface area contributed by atoms with Crippen LogP contribution in [0.2, 0.25) is 0 Å². The van der Waals surface area contributed by atoms with Crippen LogP contribution in [-0.2, 0) is 0 Å². The summed E-state index contributed by atoms with van der Waals surface area (Å²) >= 11 is 0. The van der Waals surface area contributed by atoms with Gasteiger partial charge in [-0.1, -0.05) is 6.07 Å². The minimum Gasteiger partial charge on any atom is -0.443 e. The number of hydrogen-bond donors (Lipinski definition) is 0. The van der Waals surface area contributed by atoms with Gasteiger partial charge in [-0.25, -0.2) is 4.79 Å². The molecule has 0 spiro atoms. The van der Waals surface area contributed by atoms with Gasteiger partial charge in [0.05, 0.1) is 5.39 Å². The zero-order chi connectivity index (χ0) is 14.4. The standard InChI is InChI=1S/C15H8N2O3/c1-7-3-8(2)13-9(4-7)14-12(15(18)20-13)10(5-16)11(6-17)19-14/h3-4H,1-2H3. The molecule has 1 aromatic carbocycles. The van der Waals surface area contributed by atoms with Crippen molar-refractivity contribution in [1.82, 2.24) is 0 Å². The Kier molecular flexibility index (Phi) is 2.39. The predicted octanol–water partition coefficient (Wildman–Crippen LogP) is 2.90. The van der Waals surface area contributed by atoms with Crippen LogP contribution in [0.1, 0.15) is 22.5 Å². The zero-order valence-electron chi connectivity index (χ0n) is 10.8. The molecule has 0 N–H and O–H groups in total. The van der Waals surface area contributed by atoms with Crippen molar-refractivity contribution < 1.29 is 8.83 Å². The van der Waals surface area contributed by atoms with Crippen molar-refractivity contribution >= 4 is 21.9 Å². The molecule has 0 saturated heterocycles. The van der Waals surface area contributed by atoms with Crippen LogP contribution in [0.25, 0.3) is 21.9 Å². The van der Waals surface area contributed by atoms with E-state index in [4.69, 9.17) is 19.4 Å². The quantitative estimate of drug-likeness (QED) is 0.582. The lowest BCUT2D eigenvalue weighted by atomic mass is 10.1. The SMILES string of the molecule is Cc1cc(C)c2oc(=O)c3c(C#N)c(C#N)oc3c2c1. The second-order valence-corrected chi connectivity index (χ2v) is 4.58. The Morgan fingerprint density at radius 3 is 2.45 bits per heavy atom. The normalized spacial score (nSPS) is 10.6. The van der Waals surface area contributed by atoms with Crippen LogP contribution in [0.4, 0.5) is 0 Å². The highest BCUT2D eigenvalue weighted by Gasteiger charge is 2.21. The Morgan fingerprint density at radius 2 is 1.80 bits per heavy atom. The fourth-order valence-corrected chi connectivity index (χ4v) is 2.40. The number of nitriles is 2. The fraction of sp³-hybridized carbons (Fsp3) is 0.133. The van der Waals surface area contributed by atoms with Crippen LogP contribution in [-0.4, -0.2) is 0 Å². The maximum atomic E-state index is 12.1. The van der Waals surface area contributed by atoms with Gasteiger partial charge in [-0.15, -0.1) is 0 Å². The highest BCUT2D eigenvalue weighted by molar-refractivity contribution is 6.04. The van der Waals surface area contributed by atoms with E-state index < -0.39 is 5.63 Å². The molecule has 2 heterocycles. The van der Waals surface area contributed by atoms with E-state index in [1.807, 2.05) is 26.0 Å². The Morgan fingerprint density at radius 1 is 1.05 bits per heavy atom. The molecule has 0 aliphatic carbocycles. The number of nitrogens with zero attached hydrogens (tertiary/aromatic N) is 2. The van der Waals surface area contributed by atoms with Crippen molar-refractivity contribution in [3.8, 4) is 12.1 Å². The van der Waals surface area contributed by atoms with Crippen molar-refractivity contribution in [1.29, 1.82) is 10.5 Å². The van der Waals surface area contributed by atoms with Crippen LogP contribution in [0.15, 0.2) is 25.8 Å². The third-order valence-corrected chi connectivity index (χ3v) is 3.18. The summed E-state index contributed by atoms with van der Waals surface area (Å²) in [4.78, 5) is 12.1. The van der Waals surface area contributed by atoms with Gasteiger partial charge >= 0.3 is 5.63 Å². The first-order chi connectivity index (χ1) is 9.56. The number of rotatable bonds is 0. The summed E-state index contributed by atoms with van der Waals surface area (Å²) in [6.07, 6.45) is 0. The smallest absolute Gasteiger partial charge is 0.348 e. The van der Waals surface area contributed by atoms with Gasteiger partial charge in [0.1, 0.15) is 28.7 Å². The van der Waals surface area contributed by atoms with Crippen molar-refractivity contribution in [2.75, 3.05) is 0 Å². The van der Waals surface area contributed by atoms with Crippen LogP contribution in [0, 0.1) is 36.5 Å². The summed E-state index contributed by atoms with van der Waals surface area (Å²) in [5, 5.41) is 18.7. The molecule has 2 aromatic heterocycles. The monoisotopic (exact) mass is 264 g/mol.